The molecule has 0 aromatic rings. The van der Waals surface area contributed by atoms with Gasteiger partial charge in [-0.3, -0.25) is 0 Å². The summed E-state index contributed by atoms with van der Waals surface area (Å²) in [5, 5.41) is 16.6. The van der Waals surface area contributed by atoms with Crippen LogP contribution >= 0.6 is 0 Å². The smallest absolute Gasteiger partial charge is 0.333 e. The van der Waals surface area contributed by atoms with Crippen molar-refractivity contribution in [1.82, 2.24) is 0 Å². The van der Waals surface area contributed by atoms with Crippen LogP contribution in [0.4, 0.5) is 0 Å². The van der Waals surface area contributed by atoms with E-state index < -0.39 is 11.9 Å². The van der Waals surface area contributed by atoms with E-state index in [4.69, 9.17) is 10.5 Å². The number of nitriles is 2. The highest BCUT2D eigenvalue weighted by Crippen LogP contribution is 1.97. The predicted octanol–water partition coefficient (Wildman–Crippen LogP) is 0.769. The molecule has 4 heteroatoms. The summed E-state index contributed by atoms with van der Waals surface area (Å²) in [4.78, 5) is 10.7. The molecule has 0 unspecified atom stereocenters. The van der Waals surface area contributed by atoms with Gasteiger partial charge in [-0.1, -0.05) is 6.58 Å². The second-order valence-corrected chi connectivity index (χ2v) is 2.19. The standard InChI is InChI=1S/C8H8N2O2/c1-6(2)8(11)12-5-7(3-9)4-10/h7H,1,5H2,2H3. The van der Waals surface area contributed by atoms with Crippen molar-refractivity contribution in [3.05, 3.63) is 12.2 Å². The van der Waals surface area contributed by atoms with Crippen LogP contribution in [0.3, 0.4) is 0 Å². The molecular weight excluding hydrogens is 156 g/mol. The monoisotopic (exact) mass is 164 g/mol. The molecule has 0 fully saturated rings. The largest absolute Gasteiger partial charge is 0.460 e. The van der Waals surface area contributed by atoms with Gasteiger partial charge in [0, 0.05) is 5.57 Å². The lowest BCUT2D eigenvalue weighted by Crippen LogP contribution is -2.11. The van der Waals surface area contributed by atoms with Crippen molar-refractivity contribution in [2.45, 2.75) is 6.92 Å². The maximum atomic E-state index is 10.7. The van der Waals surface area contributed by atoms with Crippen molar-refractivity contribution >= 4 is 5.97 Å². The number of rotatable bonds is 3. The van der Waals surface area contributed by atoms with Crippen LogP contribution in [0.1, 0.15) is 6.92 Å². The average molecular weight is 164 g/mol. The topological polar surface area (TPSA) is 73.9 Å². The highest BCUT2D eigenvalue weighted by atomic mass is 16.5. The normalized spacial score (nSPS) is 8.33. The number of carbonyl (C=O) groups is 1. The molecule has 0 saturated carbocycles. The van der Waals surface area contributed by atoms with Crippen LogP contribution in [-0.4, -0.2) is 12.6 Å². The van der Waals surface area contributed by atoms with Crippen molar-refractivity contribution in [1.29, 1.82) is 10.5 Å². The van der Waals surface area contributed by atoms with E-state index in [-0.39, 0.29) is 12.2 Å². The lowest BCUT2D eigenvalue weighted by atomic mass is 10.2. The molecule has 0 spiro atoms. The molecule has 0 N–H and O–H groups in total. The van der Waals surface area contributed by atoms with Crippen LogP contribution in [0.5, 0.6) is 0 Å². The average Bonchev–Trinajstić information content (AvgIpc) is 2.05. The first-order valence-electron chi connectivity index (χ1n) is 3.23. The Balaban J connectivity index is 3.86. The summed E-state index contributed by atoms with van der Waals surface area (Å²) in [7, 11) is 0. The van der Waals surface area contributed by atoms with Crippen molar-refractivity contribution in [3.63, 3.8) is 0 Å². The third kappa shape index (κ3) is 3.38. The predicted molar refractivity (Wildman–Crippen MR) is 40.5 cm³/mol. The molecule has 12 heavy (non-hydrogen) atoms. The van der Waals surface area contributed by atoms with Crippen molar-refractivity contribution in [3.8, 4) is 12.1 Å². The van der Waals surface area contributed by atoms with Gasteiger partial charge in [0.2, 0.25) is 0 Å². The first kappa shape index (κ1) is 10.2. The van der Waals surface area contributed by atoms with E-state index in [9.17, 15) is 4.79 Å². The van der Waals surface area contributed by atoms with Crippen LogP contribution in [0, 0.1) is 28.6 Å². The van der Waals surface area contributed by atoms with Crippen molar-refractivity contribution in [2.75, 3.05) is 6.61 Å². The number of hydrogen-bond acceptors (Lipinski definition) is 4. The maximum Gasteiger partial charge on any atom is 0.333 e. The highest BCUT2D eigenvalue weighted by Gasteiger charge is 2.09. The first-order valence-corrected chi connectivity index (χ1v) is 3.23. The first-order chi connectivity index (χ1) is 5.61. The summed E-state index contributed by atoms with van der Waals surface area (Å²) in [6.45, 7) is 4.64. The molecule has 0 aliphatic rings. The van der Waals surface area contributed by atoms with Gasteiger partial charge in [0.25, 0.3) is 0 Å². The van der Waals surface area contributed by atoms with Gasteiger partial charge in [-0.15, -0.1) is 0 Å². The Kier molecular flexibility index (Phi) is 4.18. The minimum atomic E-state index is -0.895. The fourth-order valence-corrected chi connectivity index (χ4v) is 0.386. The van der Waals surface area contributed by atoms with E-state index in [1.165, 1.54) is 6.92 Å². The van der Waals surface area contributed by atoms with Gasteiger partial charge < -0.3 is 4.74 Å². The molecule has 0 radical (unpaired) electrons. The van der Waals surface area contributed by atoms with E-state index in [1.807, 2.05) is 0 Å². The second-order valence-electron chi connectivity index (χ2n) is 2.19. The molecule has 0 heterocycles. The minimum absolute atomic E-state index is 0.196. The molecule has 0 aromatic carbocycles. The van der Waals surface area contributed by atoms with E-state index in [1.54, 1.807) is 12.1 Å². The van der Waals surface area contributed by atoms with Crippen molar-refractivity contribution < 1.29 is 9.53 Å². The fourth-order valence-electron chi connectivity index (χ4n) is 0.386. The SMILES string of the molecule is C=C(C)C(=O)OCC(C#N)C#N. The Morgan fingerprint density at radius 2 is 2.08 bits per heavy atom. The third-order valence-corrected chi connectivity index (χ3v) is 1.04. The molecule has 0 aliphatic heterocycles. The van der Waals surface area contributed by atoms with Gasteiger partial charge in [0.15, 0.2) is 5.92 Å². The summed E-state index contributed by atoms with van der Waals surface area (Å²) >= 11 is 0. The third-order valence-electron chi connectivity index (χ3n) is 1.04. The summed E-state index contributed by atoms with van der Waals surface area (Å²) in [6, 6.07) is 3.36. The minimum Gasteiger partial charge on any atom is -0.460 e. The van der Waals surface area contributed by atoms with E-state index in [0.29, 0.717) is 0 Å². The lowest BCUT2D eigenvalue weighted by Gasteiger charge is -2.02. The summed E-state index contributed by atoms with van der Waals surface area (Å²) in [5.41, 5.74) is 0.254. The van der Waals surface area contributed by atoms with Gasteiger partial charge in [0.1, 0.15) is 6.61 Å². The Bertz CT molecular complexity index is 256. The number of hydrogen-bond donors (Lipinski definition) is 0. The van der Waals surface area contributed by atoms with E-state index >= 15 is 0 Å². The Morgan fingerprint density at radius 3 is 2.42 bits per heavy atom. The fraction of sp³-hybridized carbons (Fsp3) is 0.375. The summed E-state index contributed by atoms with van der Waals surface area (Å²) in [6.07, 6.45) is 0. The number of ether oxygens (including phenoxy) is 1. The number of nitrogens with zero attached hydrogens (tertiary/aromatic N) is 2. The van der Waals surface area contributed by atoms with Crippen LogP contribution in [0.15, 0.2) is 12.2 Å². The Morgan fingerprint density at radius 1 is 1.58 bits per heavy atom. The zero-order valence-electron chi connectivity index (χ0n) is 6.70. The zero-order valence-corrected chi connectivity index (χ0v) is 6.70. The quantitative estimate of drug-likeness (QED) is 0.456. The van der Waals surface area contributed by atoms with Crippen LogP contribution in [0.2, 0.25) is 0 Å². The molecule has 0 rings (SSSR count). The summed E-state index contributed by atoms with van der Waals surface area (Å²) < 4.78 is 4.56. The lowest BCUT2D eigenvalue weighted by molar-refractivity contribution is -0.139. The second kappa shape index (κ2) is 4.92. The van der Waals surface area contributed by atoms with Gasteiger partial charge >= 0.3 is 5.97 Å². The highest BCUT2D eigenvalue weighted by molar-refractivity contribution is 5.86. The van der Waals surface area contributed by atoms with Crippen LogP contribution in [0.25, 0.3) is 0 Å². The van der Waals surface area contributed by atoms with E-state index in [2.05, 4.69) is 11.3 Å². The molecule has 0 amide bonds. The van der Waals surface area contributed by atoms with Crippen molar-refractivity contribution in [2.24, 2.45) is 5.92 Å². The molecule has 62 valence electrons. The summed E-state index contributed by atoms with van der Waals surface area (Å²) in [5.74, 6) is -1.47. The molecule has 0 atom stereocenters. The molecule has 0 aliphatic carbocycles. The number of esters is 1. The molecule has 0 bridgehead atoms. The molecule has 0 saturated heterocycles. The zero-order chi connectivity index (χ0) is 9.56. The van der Waals surface area contributed by atoms with Gasteiger partial charge in [-0.2, -0.15) is 10.5 Å². The molecular formula is C8H8N2O2. The Hall–Kier alpha value is -1.81. The van der Waals surface area contributed by atoms with E-state index in [0.717, 1.165) is 0 Å². The van der Waals surface area contributed by atoms with Crippen LogP contribution < -0.4 is 0 Å². The van der Waals surface area contributed by atoms with Gasteiger partial charge in [-0.05, 0) is 6.92 Å². The van der Waals surface area contributed by atoms with Gasteiger partial charge in [0.05, 0.1) is 12.1 Å². The Labute approximate surface area is 70.7 Å². The molecule has 4 nitrogen and oxygen atoms in total. The molecule has 0 aromatic heterocycles. The number of carbonyl (C=O) groups excluding carboxylic acids is 1. The van der Waals surface area contributed by atoms with Crippen LogP contribution in [-0.2, 0) is 9.53 Å². The van der Waals surface area contributed by atoms with Gasteiger partial charge in [-0.25, -0.2) is 4.79 Å². The maximum absolute atomic E-state index is 10.7.